The van der Waals surface area contributed by atoms with Crippen LogP contribution < -0.4 is 5.32 Å². The fraction of sp³-hybridized carbons (Fsp3) is 0.600. The van der Waals surface area contributed by atoms with Crippen molar-refractivity contribution in [3.63, 3.8) is 0 Å². The molecule has 1 saturated carbocycles. The van der Waals surface area contributed by atoms with Crippen molar-refractivity contribution < 1.29 is 0 Å². The third-order valence-electron chi connectivity index (χ3n) is 4.48. The van der Waals surface area contributed by atoms with E-state index in [1.54, 1.807) is 6.07 Å². The maximum absolute atomic E-state index is 6.47. The van der Waals surface area contributed by atoms with Crippen LogP contribution in [0.2, 0.25) is 15.1 Å². The smallest absolute Gasteiger partial charge is 0.0641 e. The molecule has 5 heteroatoms. The van der Waals surface area contributed by atoms with Crippen molar-refractivity contribution in [2.24, 2.45) is 5.92 Å². The fourth-order valence-electron chi connectivity index (χ4n) is 3.26. The zero-order valence-corrected chi connectivity index (χ0v) is 13.6. The van der Waals surface area contributed by atoms with Gasteiger partial charge in [-0.3, -0.25) is 4.90 Å². The van der Waals surface area contributed by atoms with Crippen LogP contribution in [-0.2, 0) is 0 Å². The van der Waals surface area contributed by atoms with Gasteiger partial charge in [0.15, 0.2) is 0 Å². The van der Waals surface area contributed by atoms with Crippen LogP contribution in [0.1, 0.15) is 30.9 Å². The van der Waals surface area contributed by atoms with E-state index in [9.17, 15) is 0 Å². The second kappa shape index (κ2) is 6.41. The van der Waals surface area contributed by atoms with E-state index in [1.165, 1.54) is 19.3 Å². The van der Waals surface area contributed by atoms with Gasteiger partial charge in [0, 0.05) is 37.2 Å². The molecule has 0 spiro atoms. The minimum absolute atomic E-state index is 0.356. The molecule has 20 heavy (non-hydrogen) atoms. The predicted molar refractivity (Wildman–Crippen MR) is 86.0 cm³/mol. The highest BCUT2D eigenvalue weighted by Gasteiger charge is 2.35. The Morgan fingerprint density at radius 1 is 1.10 bits per heavy atom. The Hall–Kier alpha value is 0.01000. The van der Waals surface area contributed by atoms with Crippen molar-refractivity contribution in [3.8, 4) is 0 Å². The van der Waals surface area contributed by atoms with E-state index >= 15 is 0 Å². The molecule has 1 aliphatic carbocycles. The first-order chi connectivity index (χ1) is 9.66. The van der Waals surface area contributed by atoms with E-state index in [2.05, 4.69) is 10.2 Å². The van der Waals surface area contributed by atoms with E-state index in [-0.39, 0.29) is 0 Å². The number of piperazine rings is 1. The fourth-order valence-corrected chi connectivity index (χ4v) is 3.99. The van der Waals surface area contributed by atoms with Gasteiger partial charge >= 0.3 is 0 Å². The topological polar surface area (TPSA) is 15.3 Å². The van der Waals surface area contributed by atoms with Gasteiger partial charge in [0.25, 0.3) is 0 Å². The van der Waals surface area contributed by atoms with Crippen molar-refractivity contribution in [1.82, 2.24) is 10.2 Å². The Labute approximate surface area is 135 Å². The van der Waals surface area contributed by atoms with Gasteiger partial charge in [-0.15, -0.1) is 0 Å². The zero-order valence-electron chi connectivity index (χ0n) is 11.3. The van der Waals surface area contributed by atoms with Gasteiger partial charge in [-0.1, -0.05) is 41.2 Å². The summed E-state index contributed by atoms with van der Waals surface area (Å²) in [4.78, 5) is 2.54. The molecule has 1 heterocycles. The van der Waals surface area contributed by atoms with Crippen LogP contribution in [0.3, 0.4) is 0 Å². The van der Waals surface area contributed by atoms with E-state index < -0.39 is 0 Å². The van der Waals surface area contributed by atoms with Crippen molar-refractivity contribution in [2.45, 2.75) is 25.3 Å². The monoisotopic (exact) mass is 332 g/mol. The number of halogens is 3. The van der Waals surface area contributed by atoms with E-state index in [0.29, 0.717) is 27.0 Å². The Balaban J connectivity index is 1.96. The number of benzene rings is 1. The number of nitrogens with zero attached hydrogens (tertiary/aromatic N) is 1. The van der Waals surface area contributed by atoms with E-state index in [4.69, 9.17) is 34.8 Å². The molecule has 1 aliphatic heterocycles. The Morgan fingerprint density at radius 2 is 1.80 bits per heavy atom. The zero-order chi connectivity index (χ0) is 14.1. The standard InChI is InChI=1S/C15H19Cl3N2/c16-11-8-12(14(18)13(17)9-11)15(10-2-1-3-10)20-6-4-19-5-7-20/h8-10,15,19H,1-7H2/t15-/m0/s1. The maximum atomic E-state index is 6.47. The first-order valence-corrected chi connectivity index (χ1v) is 8.39. The van der Waals surface area contributed by atoms with E-state index in [1.807, 2.05) is 6.07 Å². The normalized spacial score (nSPS) is 22.6. The van der Waals surface area contributed by atoms with Gasteiger partial charge in [0.2, 0.25) is 0 Å². The molecule has 0 bridgehead atoms. The number of rotatable bonds is 3. The summed E-state index contributed by atoms with van der Waals surface area (Å²) in [5, 5.41) is 5.32. The second-order valence-electron chi connectivity index (χ2n) is 5.71. The summed E-state index contributed by atoms with van der Waals surface area (Å²) < 4.78 is 0. The number of hydrogen-bond acceptors (Lipinski definition) is 2. The van der Waals surface area contributed by atoms with Gasteiger partial charge in [0.05, 0.1) is 10.0 Å². The second-order valence-corrected chi connectivity index (χ2v) is 6.93. The third-order valence-corrected chi connectivity index (χ3v) is 5.52. The van der Waals surface area contributed by atoms with Crippen LogP contribution >= 0.6 is 34.8 Å². The molecule has 2 aliphatic rings. The van der Waals surface area contributed by atoms with Crippen molar-refractivity contribution >= 4 is 34.8 Å². The third kappa shape index (κ3) is 2.95. The summed E-state index contributed by atoms with van der Waals surface area (Å²) in [5.74, 6) is 0.681. The summed E-state index contributed by atoms with van der Waals surface area (Å²) in [6, 6.07) is 4.08. The molecular weight excluding hydrogens is 315 g/mol. The summed E-state index contributed by atoms with van der Waals surface area (Å²) in [5.41, 5.74) is 1.11. The summed E-state index contributed by atoms with van der Waals surface area (Å²) in [6.07, 6.45) is 3.86. The van der Waals surface area contributed by atoms with Crippen molar-refractivity contribution in [3.05, 3.63) is 32.8 Å². The lowest BCUT2D eigenvalue weighted by Crippen LogP contribution is -2.47. The minimum Gasteiger partial charge on any atom is -0.314 e. The molecule has 0 aromatic heterocycles. The summed E-state index contributed by atoms with van der Waals surface area (Å²) in [6.45, 7) is 4.19. The lowest BCUT2D eigenvalue weighted by atomic mass is 9.76. The number of nitrogens with one attached hydrogen (secondary N) is 1. The van der Waals surface area contributed by atoms with Crippen LogP contribution in [-0.4, -0.2) is 31.1 Å². The largest absolute Gasteiger partial charge is 0.314 e. The highest BCUT2D eigenvalue weighted by Crippen LogP contribution is 2.45. The van der Waals surface area contributed by atoms with Crippen LogP contribution in [0, 0.1) is 5.92 Å². The lowest BCUT2D eigenvalue weighted by molar-refractivity contribution is 0.0838. The summed E-state index contributed by atoms with van der Waals surface area (Å²) in [7, 11) is 0. The van der Waals surface area contributed by atoms with Gasteiger partial charge in [-0.25, -0.2) is 0 Å². The molecule has 3 rings (SSSR count). The summed E-state index contributed by atoms with van der Waals surface area (Å²) >= 11 is 18.9. The van der Waals surface area contributed by atoms with Gasteiger partial charge in [-0.2, -0.15) is 0 Å². The quantitative estimate of drug-likeness (QED) is 0.825. The van der Waals surface area contributed by atoms with E-state index in [0.717, 1.165) is 31.7 Å². The van der Waals surface area contributed by atoms with Crippen LogP contribution in [0.25, 0.3) is 0 Å². The molecule has 2 nitrogen and oxygen atoms in total. The Bertz CT molecular complexity index is 482. The molecule has 0 radical (unpaired) electrons. The molecular formula is C15H19Cl3N2. The van der Waals surface area contributed by atoms with Crippen LogP contribution in [0.5, 0.6) is 0 Å². The Kier molecular flexibility index (Phi) is 4.79. The minimum atomic E-state index is 0.356. The van der Waals surface area contributed by atoms with Crippen LogP contribution in [0.4, 0.5) is 0 Å². The highest BCUT2D eigenvalue weighted by molar-refractivity contribution is 6.43. The molecule has 0 amide bonds. The molecule has 110 valence electrons. The van der Waals surface area contributed by atoms with Gasteiger partial charge < -0.3 is 5.32 Å². The molecule has 1 aromatic rings. The molecule has 1 N–H and O–H groups in total. The average Bonchev–Trinajstić information content (AvgIpc) is 2.39. The van der Waals surface area contributed by atoms with Gasteiger partial charge in [-0.05, 0) is 36.5 Å². The molecule has 1 saturated heterocycles. The number of hydrogen-bond donors (Lipinski definition) is 1. The first kappa shape index (κ1) is 14.9. The van der Waals surface area contributed by atoms with Crippen molar-refractivity contribution in [1.29, 1.82) is 0 Å². The van der Waals surface area contributed by atoms with Gasteiger partial charge in [0.1, 0.15) is 0 Å². The SMILES string of the molecule is Clc1cc(Cl)c(Cl)c([C@H](C2CCC2)N2CCNCC2)c1. The molecule has 1 aromatic carbocycles. The Morgan fingerprint density at radius 3 is 2.40 bits per heavy atom. The molecule has 2 fully saturated rings. The first-order valence-electron chi connectivity index (χ1n) is 7.26. The van der Waals surface area contributed by atoms with Crippen LogP contribution in [0.15, 0.2) is 12.1 Å². The molecule has 0 unspecified atom stereocenters. The average molecular weight is 334 g/mol. The van der Waals surface area contributed by atoms with Crippen molar-refractivity contribution in [2.75, 3.05) is 26.2 Å². The molecule has 1 atom stereocenters. The maximum Gasteiger partial charge on any atom is 0.0641 e. The highest BCUT2D eigenvalue weighted by atomic mass is 35.5. The predicted octanol–water partition coefficient (Wildman–Crippen LogP) is 4.39. The lowest BCUT2D eigenvalue weighted by Gasteiger charge is -2.43.